The van der Waals surface area contributed by atoms with Crippen molar-refractivity contribution in [3.63, 3.8) is 0 Å². The van der Waals surface area contributed by atoms with E-state index in [1.807, 2.05) is 4.90 Å². The molecule has 0 aromatic carbocycles. The lowest BCUT2D eigenvalue weighted by atomic mass is 10.0. The minimum atomic E-state index is 0.0914. The van der Waals surface area contributed by atoms with Crippen LogP contribution in [0.2, 0.25) is 0 Å². The largest absolute Gasteiger partial charge is 0.339 e. The van der Waals surface area contributed by atoms with Gasteiger partial charge in [-0.15, -0.1) is 11.8 Å². The summed E-state index contributed by atoms with van der Waals surface area (Å²) in [6, 6.07) is 0.442. The van der Waals surface area contributed by atoms with Crippen LogP contribution < -0.4 is 0 Å². The third-order valence-corrected chi connectivity index (χ3v) is 5.04. The molecule has 19 heavy (non-hydrogen) atoms. The number of nitrogens with zero attached hydrogens (tertiary/aromatic N) is 3. The van der Waals surface area contributed by atoms with Gasteiger partial charge in [0.25, 0.3) is 0 Å². The van der Waals surface area contributed by atoms with Crippen molar-refractivity contribution >= 4 is 23.6 Å². The van der Waals surface area contributed by atoms with Crippen molar-refractivity contribution in [2.75, 3.05) is 45.4 Å². The molecule has 2 atom stereocenters. The van der Waals surface area contributed by atoms with Gasteiger partial charge in [0.1, 0.15) is 6.54 Å². The van der Waals surface area contributed by atoms with Crippen LogP contribution in [0.4, 0.5) is 0 Å². The van der Waals surface area contributed by atoms with Crippen molar-refractivity contribution in [2.45, 2.75) is 19.4 Å². The molecule has 0 bridgehead atoms. The van der Waals surface area contributed by atoms with E-state index >= 15 is 0 Å². The fourth-order valence-electron chi connectivity index (χ4n) is 2.85. The van der Waals surface area contributed by atoms with E-state index in [2.05, 4.69) is 25.9 Å². The van der Waals surface area contributed by atoms with Crippen LogP contribution in [0.1, 0.15) is 13.3 Å². The van der Waals surface area contributed by atoms with Gasteiger partial charge in [-0.1, -0.05) is 13.3 Å². The summed E-state index contributed by atoms with van der Waals surface area (Å²) >= 11 is 1.58. The Hall–Kier alpha value is -0.750. The smallest absolute Gasteiger partial charge is 0.242 e. The van der Waals surface area contributed by atoms with Crippen molar-refractivity contribution in [2.24, 2.45) is 5.92 Å². The number of likely N-dealkylation sites (tertiary alicyclic amines) is 1. The number of hydrogen-bond donors (Lipinski definition) is 0. The minimum Gasteiger partial charge on any atom is -0.339 e. The topological polar surface area (TPSA) is 43.9 Å². The van der Waals surface area contributed by atoms with E-state index in [-0.39, 0.29) is 18.4 Å². The molecule has 2 amide bonds. The summed E-state index contributed by atoms with van der Waals surface area (Å²) in [4.78, 5) is 29.6. The van der Waals surface area contributed by atoms with Gasteiger partial charge in [-0.05, 0) is 20.0 Å². The van der Waals surface area contributed by atoms with Crippen LogP contribution in [0.5, 0.6) is 0 Å². The zero-order valence-corrected chi connectivity index (χ0v) is 12.8. The molecule has 2 aliphatic heterocycles. The number of thioether (sulfide) groups is 1. The molecule has 108 valence electrons. The molecular formula is C13H23N3O2S. The number of hydrogen-bond acceptors (Lipinski definition) is 4. The van der Waals surface area contributed by atoms with Crippen LogP contribution in [0.3, 0.4) is 0 Å². The molecule has 6 heteroatoms. The zero-order valence-electron chi connectivity index (χ0n) is 12.0. The maximum atomic E-state index is 12.3. The van der Waals surface area contributed by atoms with Crippen molar-refractivity contribution < 1.29 is 9.59 Å². The minimum absolute atomic E-state index is 0.0914. The number of carbonyl (C=O) groups excluding carboxylic acids is 2. The first-order valence-electron chi connectivity index (χ1n) is 6.82. The third kappa shape index (κ3) is 3.23. The SMILES string of the molecule is CCC1CN(C(=O)CN2CSCC2=O)CC1N(C)C. The molecule has 0 saturated carbocycles. The van der Waals surface area contributed by atoms with Crippen LogP contribution >= 0.6 is 11.8 Å². The highest BCUT2D eigenvalue weighted by Gasteiger charge is 2.36. The first-order chi connectivity index (χ1) is 9.02. The second-order valence-electron chi connectivity index (χ2n) is 5.57. The fourth-order valence-corrected chi connectivity index (χ4v) is 3.75. The molecule has 2 unspecified atom stereocenters. The van der Waals surface area contributed by atoms with Gasteiger partial charge in [-0.25, -0.2) is 0 Å². The Bertz CT molecular complexity index is 362. The molecule has 2 heterocycles. The standard InChI is InChI=1S/C13H23N3O2S/c1-4-10-5-15(6-11(10)14(2)3)12(17)7-16-9-19-8-13(16)18/h10-11H,4-9H2,1-3H3. The molecule has 0 N–H and O–H groups in total. The van der Waals surface area contributed by atoms with Crippen molar-refractivity contribution in [3.05, 3.63) is 0 Å². The zero-order chi connectivity index (χ0) is 14.0. The molecule has 2 aliphatic rings. The van der Waals surface area contributed by atoms with Crippen molar-refractivity contribution in [1.29, 1.82) is 0 Å². The maximum Gasteiger partial charge on any atom is 0.242 e. The van der Waals surface area contributed by atoms with Gasteiger partial charge in [-0.3, -0.25) is 9.59 Å². The van der Waals surface area contributed by atoms with Crippen molar-refractivity contribution in [1.82, 2.24) is 14.7 Å². The van der Waals surface area contributed by atoms with Crippen LogP contribution in [0.15, 0.2) is 0 Å². The molecule has 0 aromatic heterocycles. The Morgan fingerprint density at radius 2 is 2.16 bits per heavy atom. The lowest BCUT2D eigenvalue weighted by Gasteiger charge is -2.24. The van der Waals surface area contributed by atoms with Gasteiger partial charge >= 0.3 is 0 Å². The van der Waals surface area contributed by atoms with Gasteiger partial charge in [0.2, 0.25) is 11.8 Å². The normalized spacial score (nSPS) is 27.7. The Morgan fingerprint density at radius 1 is 1.42 bits per heavy atom. The monoisotopic (exact) mass is 285 g/mol. The summed E-state index contributed by atoms with van der Waals surface area (Å²) in [7, 11) is 4.14. The lowest BCUT2D eigenvalue weighted by molar-refractivity contribution is -0.137. The summed E-state index contributed by atoms with van der Waals surface area (Å²) in [6.45, 7) is 4.05. The number of rotatable bonds is 4. The number of amides is 2. The summed E-state index contributed by atoms with van der Waals surface area (Å²) in [5, 5.41) is 0. The van der Waals surface area contributed by atoms with Crippen molar-refractivity contribution in [3.8, 4) is 0 Å². The Kier molecular flexibility index (Phi) is 4.73. The summed E-state index contributed by atoms with van der Waals surface area (Å²) in [6.07, 6.45) is 1.09. The molecule has 5 nitrogen and oxygen atoms in total. The Morgan fingerprint density at radius 3 is 2.63 bits per heavy atom. The van der Waals surface area contributed by atoms with E-state index in [1.54, 1.807) is 16.7 Å². The Balaban J connectivity index is 1.91. The van der Waals surface area contributed by atoms with E-state index < -0.39 is 0 Å². The van der Waals surface area contributed by atoms with Gasteiger partial charge in [-0.2, -0.15) is 0 Å². The molecule has 2 saturated heterocycles. The molecule has 0 spiro atoms. The van der Waals surface area contributed by atoms with E-state index in [1.165, 1.54) is 0 Å². The predicted octanol–water partition coefficient (Wildman–Crippen LogP) is 0.318. The summed E-state index contributed by atoms with van der Waals surface area (Å²) < 4.78 is 0. The van der Waals surface area contributed by atoms with Gasteiger partial charge in [0.15, 0.2) is 0 Å². The summed E-state index contributed by atoms with van der Waals surface area (Å²) in [5.74, 6) is 1.91. The molecule has 0 aromatic rings. The van der Waals surface area contributed by atoms with Gasteiger partial charge in [0.05, 0.1) is 11.6 Å². The van der Waals surface area contributed by atoms with E-state index in [0.717, 1.165) is 19.5 Å². The lowest BCUT2D eigenvalue weighted by Crippen LogP contribution is -2.41. The molecule has 2 fully saturated rings. The van der Waals surface area contributed by atoms with Crippen LogP contribution in [-0.4, -0.2) is 77.9 Å². The van der Waals surface area contributed by atoms with Crippen LogP contribution in [-0.2, 0) is 9.59 Å². The number of likely N-dealkylation sites (N-methyl/N-ethyl adjacent to an activating group) is 1. The molecule has 0 radical (unpaired) electrons. The van der Waals surface area contributed by atoms with Gasteiger partial charge in [0, 0.05) is 19.1 Å². The number of carbonyl (C=O) groups is 2. The average molecular weight is 285 g/mol. The first-order valence-corrected chi connectivity index (χ1v) is 7.98. The molecular weight excluding hydrogens is 262 g/mol. The molecule has 0 aliphatic carbocycles. The summed E-state index contributed by atoms with van der Waals surface area (Å²) in [5.41, 5.74) is 0. The Labute approximate surface area is 119 Å². The van der Waals surface area contributed by atoms with Crippen LogP contribution in [0, 0.1) is 5.92 Å². The van der Waals surface area contributed by atoms with E-state index in [9.17, 15) is 9.59 Å². The third-order valence-electron chi connectivity index (χ3n) is 4.10. The highest BCUT2D eigenvalue weighted by molar-refractivity contribution is 8.00. The quantitative estimate of drug-likeness (QED) is 0.746. The maximum absolute atomic E-state index is 12.3. The van der Waals surface area contributed by atoms with E-state index in [0.29, 0.717) is 23.6 Å². The van der Waals surface area contributed by atoms with Gasteiger partial charge < -0.3 is 14.7 Å². The fraction of sp³-hybridized carbons (Fsp3) is 0.846. The second-order valence-corrected chi connectivity index (χ2v) is 6.52. The van der Waals surface area contributed by atoms with E-state index in [4.69, 9.17) is 0 Å². The average Bonchev–Trinajstić information content (AvgIpc) is 2.96. The molecule has 2 rings (SSSR count). The second kappa shape index (κ2) is 6.13. The predicted molar refractivity (Wildman–Crippen MR) is 76.9 cm³/mol. The highest BCUT2D eigenvalue weighted by Crippen LogP contribution is 2.24. The first kappa shape index (κ1) is 14.7. The van der Waals surface area contributed by atoms with Crippen LogP contribution in [0.25, 0.3) is 0 Å². The highest BCUT2D eigenvalue weighted by atomic mass is 32.2.